The third-order valence-electron chi connectivity index (χ3n) is 0.566. The number of aromatic nitrogens is 1. The van der Waals surface area contributed by atoms with Gasteiger partial charge in [0.05, 0.1) is 0 Å². The fraction of sp³-hybridized carbons (Fsp3) is 0.286. The Kier molecular flexibility index (Phi) is 4.45. The molecule has 0 saturated heterocycles. The van der Waals surface area contributed by atoms with Crippen LogP contribution in [0.3, 0.4) is 0 Å². The summed E-state index contributed by atoms with van der Waals surface area (Å²) in [7, 11) is -2.67. The van der Waals surface area contributed by atoms with E-state index in [0.717, 1.165) is 12.5 Å². The van der Waals surface area contributed by atoms with Crippen molar-refractivity contribution < 1.29 is 8.42 Å². The molecule has 1 aromatic rings. The van der Waals surface area contributed by atoms with E-state index in [1.54, 1.807) is 12.4 Å². The lowest BCUT2D eigenvalue weighted by Crippen LogP contribution is -1.86. The molecule has 0 spiro atoms. The maximum Gasteiger partial charge on any atom is 0.144 e. The molecule has 3 nitrogen and oxygen atoms in total. The van der Waals surface area contributed by atoms with Crippen LogP contribution in [-0.2, 0) is 9.84 Å². The first-order valence-corrected chi connectivity index (χ1v) is 5.30. The third-order valence-corrected chi connectivity index (χ3v) is 0.566. The van der Waals surface area contributed by atoms with Crippen molar-refractivity contribution in [1.29, 1.82) is 0 Å². The monoisotopic (exact) mass is 173 g/mol. The van der Waals surface area contributed by atoms with E-state index >= 15 is 0 Å². The predicted molar refractivity (Wildman–Crippen MR) is 45.0 cm³/mol. The number of pyridine rings is 1. The largest absolute Gasteiger partial charge is 0.265 e. The van der Waals surface area contributed by atoms with Crippen molar-refractivity contribution in [3.8, 4) is 0 Å². The van der Waals surface area contributed by atoms with Crippen molar-refractivity contribution in [3.05, 3.63) is 30.6 Å². The highest BCUT2D eigenvalue weighted by molar-refractivity contribution is 7.89. The van der Waals surface area contributed by atoms with Gasteiger partial charge in [-0.2, -0.15) is 0 Å². The molecule has 0 unspecified atom stereocenters. The molecule has 4 heteroatoms. The van der Waals surface area contributed by atoms with E-state index in [-0.39, 0.29) is 0 Å². The molecule has 0 aliphatic heterocycles. The van der Waals surface area contributed by atoms with E-state index in [0.29, 0.717) is 0 Å². The van der Waals surface area contributed by atoms with Gasteiger partial charge in [0.1, 0.15) is 9.84 Å². The first-order valence-electron chi connectivity index (χ1n) is 3.00. The Morgan fingerprint density at radius 2 is 1.36 bits per heavy atom. The average Bonchev–Trinajstić information content (AvgIpc) is 1.88. The zero-order valence-corrected chi connectivity index (χ0v) is 7.38. The van der Waals surface area contributed by atoms with E-state index in [2.05, 4.69) is 4.98 Å². The molecule has 0 atom stereocenters. The summed E-state index contributed by atoms with van der Waals surface area (Å²) in [4.78, 5) is 3.78. The molecule has 0 aliphatic rings. The van der Waals surface area contributed by atoms with Crippen molar-refractivity contribution >= 4 is 9.84 Å². The third kappa shape index (κ3) is 17.6. The molecule has 0 fully saturated rings. The van der Waals surface area contributed by atoms with Crippen molar-refractivity contribution in [3.63, 3.8) is 0 Å². The number of sulfone groups is 1. The number of hydrogen-bond acceptors (Lipinski definition) is 3. The molecule has 0 aromatic carbocycles. The standard InChI is InChI=1S/C5H5N.C2H6O2S/c1-2-4-6-5-3-1;1-5(2,3)4/h1-5H;1-2H3. The Balaban J connectivity index is 0.000000187. The van der Waals surface area contributed by atoms with Crippen LogP contribution < -0.4 is 0 Å². The molecule has 62 valence electrons. The summed E-state index contributed by atoms with van der Waals surface area (Å²) >= 11 is 0. The van der Waals surface area contributed by atoms with Gasteiger partial charge in [-0.15, -0.1) is 0 Å². The van der Waals surface area contributed by atoms with Gasteiger partial charge in [0.15, 0.2) is 0 Å². The number of hydrogen-bond donors (Lipinski definition) is 0. The van der Waals surface area contributed by atoms with Crippen LogP contribution in [0.25, 0.3) is 0 Å². The topological polar surface area (TPSA) is 47.0 Å². The lowest BCUT2D eigenvalue weighted by molar-refractivity contribution is 0.607. The summed E-state index contributed by atoms with van der Waals surface area (Å²) in [5, 5.41) is 0. The molecule has 0 radical (unpaired) electrons. The van der Waals surface area contributed by atoms with Gasteiger partial charge in [-0.05, 0) is 12.1 Å². The van der Waals surface area contributed by atoms with E-state index in [1.807, 2.05) is 18.2 Å². The second-order valence-electron chi connectivity index (χ2n) is 2.17. The molecule has 0 bridgehead atoms. The van der Waals surface area contributed by atoms with Crippen LogP contribution in [0.1, 0.15) is 0 Å². The fourth-order valence-electron chi connectivity index (χ4n) is 0.313. The SMILES string of the molecule is CS(C)(=O)=O.c1ccncc1. The molecule has 0 amide bonds. The minimum atomic E-state index is -2.67. The van der Waals surface area contributed by atoms with Gasteiger partial charge in [-0.1, -0.05) is 6.07 Å². The van der Waals surface area contributed by atoms with Crippen LogP contribution in [0.4, 0.5) is 0 Å². The van der Waals surface area contributed by atoms with Crippen molar-refractivity contribution in [1.82, 2.24) is 4.98 Å². The Labute approximate surface area is 67.0 Å². The summed E-state index contributed by atoms with van der Waals surface area (Å²) in [5.74, 6) is 0. The van der Waals surface area contributed by atoms with E-state index < -0.39 is 9.84 Å². The molecular weight excluding hydrogens is 162 g/mol. The highest BCUT2D eigenvalue weighted by atomic mass is 32.2. The summed E-state index contributed by atoms with van der Waals surface area (Å²) in [6.07, 6.45) is 5.82. The zero-order chi connectivity index (χ0) is 8.74. The maximum atomic E-state index is 9.63. The van der Waals surface area contributed by atoms with Crippen LogP contribution in [0.15, 0.2) is 30.6 Å². The predicted octanol–water partition coefficient (Wildman–Crippen LogP) is 0.742. The van der Waals surface area contributed by atoms with E-state index in [1.165, 1.54) is 0 Å². The molecule has 1 heterocycles. The average molecular weight is 173 g/mol. The van der Waals surface area contributed by atoms with Crippen LogP contribution in [-0.4, -0.2) is 25.9 Å². The first kappa shape index (κ1) is 10.1. The van der Waals surface area contributed by atoms with Gasteiger partial charge in [0.25, 0.3) is 0 Å². The van der Waals surface area contributed by atoms with Gasteiger partial charge in [-0.25, -0.2) is 8.42 Å². The van der Waals surface area contributed by atoms with Crippen molar-refractivity contribution in [2.45, 2.75) is 0 Å². The van der Waals surface area contributed by atoms with Crippen molar-refractivity contribution in [2.24, 2.45) is 0 Å². The number of nitrogens with zero attached hydrogens (tertiary/aromatic N) is 1. The smallest absolute Gasteiger partial charge is 0.144 e. The Bertz CT molecular complexity index is 233. The molecule has 0 N–H and O–H groups in total. The minimum absolute atomic E-state index is 1.16. The summed E-state index contributed by atoms with van der Waals surface area (Å²) < 4.78 is 19.3. The molecule has 1 aromatic heterocycles. The van der Waals surface area contributed by atoms with Gasteiger partial charge in [0, 0.05) is 24.9 Å². The zero-order valence-electron chi connectivity index (χ0n) is 6.56. The van der Waals surface area contributed by atoms with Crippen LogP contribution >= 0.6 is 0 Å². The Hall–Kier alpha value is -0.900. The van der Waals surface area contributed by atoms with Gasteiger partial charge in [-0.3, -0.25) is 4.98 Å². The molecular formula is C7H11NO2S. The molecule has 1 rings (SSSR count). The van der Waals surface area contributed by atoms with Crippen LogP contribution in [0, 0.1) is 0 Å². The Morgan fingerprint density at radius 1 is 1.00 bits per heavy atom. The van der Waals surface area contributed by atoms with Gasteiger partial charge in [0.2, 0.25) is 0 Å². The van der Waals surface area contributed by atoms with Gasteiger partial charge >= 0.3 is 0 Å². The fourth-order valence-corrected chi connectivity index (χ4v) is 0.313. The normalized spacial score (nSPS) is 9.64. The second-order valence-corrected chi connectivity index (χ2v) is 4.45. The maximum absolute atomic E-state index is 9.63. The first-order chi connectivity index (χ1) is 5.00. The Morgan fingerprint density at radius 3 is 1.45 bits per heavy atom. The summed E-state index contributed by atoms with van der Waals surface area (Å²) in [5.41, 5.74) is 0. The van der Waals surface area contributed by atoms with Crippen LogP contribution in [0.2, 0.25) is 0 Å². The van der Waals surface area contributed by atoms with E-state index in [9.17, 15) is 8.42 Å². The number of rotatable bonds is 0. The molecule has 0 aliphatic carbocycles. The summed E-state index contributed by atoms with van der Waals surface area (Å²) in [6.45, 7) is 0. The van der Waals surface area contributed by atoms with Gasteiger partial charge < -0.3 is 0 Å². The summed E-state index contributed by atoms with van der Waals surface area (Å²) in [6, 6.07) is 5.72. The van der Waals surface area contributed by atoms with Crippen LogP contribution in [0.5, 0.6) is 0 Å². The lowest BCUT2D eigenvalue weighted by Gasteiger charge is -1.70. The lowest BCUT2D eigenvalue weighted by atomic mass is 10.5. The van der Waals surface area contributed by atoms with E-state index in [4.69, 9.17) is 0 Å². The highest BCUT2D eigenvalue weighted by Gasteiger charge is 1.79. The highest BCUT2D eigenvalue weighted by Crippen LogP contribution is 1.73. The molecule has 0 saturated carbocycles. The minimum Gasteiger partial charge on any atom is -0.265 e. The molecule has 11 heavy (non-hydrogen) atoms. The second kappa shape index (κ2) is 4.85. The van der Waals surface area contributed by atoms with Crippen molar-refractivity contribution in [2.75, 3.05) is 12.5 Å². The quantitative estimate of drug-likeness (QED) is 0.581.